The molecule has 0 radical (unpaired) electrons. The molecule has 3 rings (SSSR count). The summed E-state index contributed by atoms with van der Waals surface area (Å²) in [6.45, 7) is 3.02. The second kappa shape index (κ2) is 2.84. The van der Waals surface area contributed by atoms with Gasteiger partial charge in [0, 0.05) is 6.61 Å². The van der Waals surface area contributed by atoms with Gasteiger partial charge in [0.1, 0.15) is 0 Å². The van der Waals surface area contributed by atoms with Gasteiger partial charge in [0.25, 0.3) is 0 Å². The molecular weight excluding hydrogens is 160 g/mol. The zero-order valence-corrected chi connectivity index (χ0v) is 8.28. The highest BCUT2D eigenvalue weighted by atomic mass is 16.5. The highest BCUT2D eigenvalue weighted by Gasteiger charge is 2.52. The molecule has 0 amide bonds. The molecule has 1 nitrogen and oxygen atoms in total. The third kappa shape index (κ3) is 1.03. The van der Waals surface area contributed by atoms with E-state index in [1.165, 1.54) is 19.3 Å². The van der Waals surface area contributed by atoms with Gasteiger partial charge in [-0.1, -0.05) is 12.2 Å². The van der Waals surface area contributed by atoms with Gasteiger partial charge in [-0.15, -0.1) is 0 Å². The molecule has 3 aliphatic carbocycles. The topological polar surface area (TPSA) is 9.23 Å². The van der Waals surface area contributed by atoms with Gasteiger partial charge in [0.2, 0.25) is 0 Å². The highest BCUT2D eigenvalue weighted by molar-refractivity contribution is 5.14. The Bertz CT molecular complexity index is 233. The Morgan fingerprint density at radius 3 is 3.08 bits per heavy atom. The van der Waals surface area contributed by atoms with E-state index in [1.807, 2.05) is 0 Å². The summed E-state index contributed by atoms with van der Waals surface area (Å²) in [4.78, 5) is 0. The summed E-state index contributed by atoms with van der Waals surface area (Å²) in [5.41, 5.74) is 0. The first kappa shape index (κ1) is 8.05. The minimum atomic E-state index is 0.596. The molecular formula is C12H18O. The van der Waals surface area contributed by atoms with Gasteiger partial charge >= 0.3 is 0 Å². The first-order valence-corrected chi connectivity index (χ1v) is 5.68. The average Bonchev–Trinajstić information content (AvgIpc) is 2.72. The molecule has 2 bridgehead atoms. The summed E-state index contributed by atoms with van der Waals surface area (Å²) >= 11 is 0. The lowest BCUT2D eigenvalue weighted by molar-refractivity contribution is 0.00243. The number of fused-ring (bicyclic) bond motifs is 5. The lowest BCUT2D eigenvalue weighted by Crippen LogP contribution is -2.30. The minimum absolute atomic E-state index is 0.596. The first-order chi connectivity index (χ1) is 6.40. The average molecular weight is 178 g/mol. The summed E-state index contributed by atoms with van der Waals surface area (Å²) in [7, 11) is 0. The molecule has 2 saturated carbocycles. The Morgan fingerprint density at radius 1 is 1.31 bits per heavy atom. The van der Waals surface area contributed by atoms with E-state index in [0.29, 0.717) is 6.10 Å². The Balaban J connectivity index is 1.77. The van der Waals surface area contributed by atoms with Gasteiger partial charge in [-0.25, -0.2) is 0 Å². The summed E-state index contributed by atoms with van der Waals surface area (Å²) in [6, 6.07) is 0. The Hall–Kier alpha value is -0.300. The molecule has 0 unspecified atom stereocenters. The van der Waals surface area contributed by atoms with Crippen LogP contribution in [0.15, 0.2) is 12.2 Å². The van der Waals surface area contributed by atoms with E-state index in [9.17, 15) is 0 Å². The van der Waals surface area contributed by atoms with Gasteiger partial charge in [0.05, 0.1) is 6.10 Å². The van der Waals surface area contributed by atoms with E-state index < -0.39 is 0 Å². The van der Waals surface area contributed by atoms with Crippen molar-refractivity contribution in [3.05, 3.63) is 12.2 Å². The Morgan fingerprint density at radius 2 is 2.23 bits per heavy atom. The predicted octanol–water partition coefficient (Wildman–Crippen LogP) is 2.62. The van der Waals surface area contributed by atoms with Crippen LogP contribution in [-0.2, 0) is 4.74 Å². The van der Waals surface area contributed by atoms with Crippen LogP contribution in [0.25, 0.3) is 0 Å². The van der Waals surface area contributed by atoms with Gasteiger partial charge in [-0.3, -0.25) is 0 Å². The van der Waals surface area contributed by atoms with Crippen LogP contribution in [0.5, 0.6) is 0 Å². The lowest BCUT2D eigenvalue weighted by atomic mass is 9.80. The van der Waals surface area contributed by atoms with Gasteiger partial charge in [0.15, 0.2) is 0 Å². The van der Waals surface area contributed by atoms with E-state index >= 15 is 0 Å². The van der Waals surface area contributed by atoms with Crippen molar-refractivity contribution in [1.82, 2.24) is 0 Å². The molecule has 0 N–H and O–H groups in total. The van der Waals surface area contributed by atoms with Crippen LogP contribution < -0.4 is 0 Å². The molecule has 3 aliphatic rings. The third-order valence-electron chi connectivity index (χ3n) is 4.33. The second-order valence-electron chi connectivity index (χ2n) is 4.79. The molecule has 0 saturated heterocycles. The maximum Gasteiger partial charge on any atom is 0.0611 e. The molecule has 0 aromatic carbocycles. The van der Waals surface area contributed by atoms with Crippen LogP contribution in [0.4, 0.5) is 0 Å². The second-order valence-corrected chi connectivity index (χ2v) is 4.79. The number of ether oxygens (including phenoxy) is 1. The quantitative estimate of drug-likeness (QED) is 0.591. The Labute approximate surface area is 80.2 Å². The van der Waals surface area contributed by atoms with E-state index in [2.05, 4.69) is 19.1 Å². The normalized spacial score (nSPS) is 51.6. The zero-order valence-electron chi connectivity index (χ0n) is 8.28. The van der Waals surface area contributed by atoms with Crippen molar-refractivity contribution in [2.45, 2.75) is 32.3 Å². The summed E-state index contributed by atoms with van der Waals surface area (Å²) in [5.74, 6) is 3.74. The van der Waals surface area contributed by atoms with Gasteiger partial charge in [-0.2, -0.15) is 0 Å². The van der Waals surface area contributed by atoms with E-state index in [-0.39, 0.29) is 0 Å². The first-order valence-electron chi connectivity index (χ1n) is 5.68. The van der Waals surface area contributed by atoms with Crippen LogP contribution in [0.1, 0.15) is 26.2 Å². The molecule has 0 aromatic heterocycles. The maximum atomic E-state index is 5.81. The zero-order chi connectivity index (χ0) is 8.84. The van der Waals surface area contributed by atoms with Crippen molar-refractivity contribution in [1.29, 1.82) is 0 Å². The van der Waals surface area contributed by atoms with Crippen LogP contribution in [0, 0.1) is 23.7 Å². The molecule has 0 spiro atoms. The van der Waals surface area contributed by atoms with Crippen molar-refractivity contribution >= 4 is 0 Å². The van der Waals surface area contributed by atoms with Crippen molar-refractivity contribution in [2.75, 3.05) is 6.61 Å². The fraction of sp³-hybridized carbons (Fsp3) is 0.833. The molecule has 72 valence electrons. The number of hydrogen-bond acceptors (Lipinski definition) is 1. The molecule has 0 heterocycles. The van der Waals surface area contributed by atoms with Crippen molar-refractivity contribution < 1.29 is 4.74 Å². The number of rotatable bonds is 2. The van der Waals surface area contributed by atoms with Crippen LogP contribution in [0.2, 0.25) is 0 Å². The molecule has 0 aromatic rings. The summed E-state index contributed by atoms with van der Waals surface area (Å²) in [5, 5.41) is 0. The van der Waals surface area contributed by atoms with Gasteiger partial charge in [-0.05, 0) is 49.9 Å². The van der Waals surface area contributed by atoms with Crippen LogP contribution in [-0.4, -0.2) is 12.7 Å². The number of hydrogen-bond donors (Lipinski definition) is 0. The largest absolute Gasteiger partial charge is 0.378 e. The van der Waals surface area contributed by atoms with E-state index in [4.69, 9.17) is 4.74 Å². The van der Waals surface area contributed by atoms with Crippen molar-refractivity contribution in [3.8, 4) is 0 Å². The van der Waals surface area contributed by atoms with Gasteiger partial charge < -0.3 is 4.74 Å². The molecule has 1 heteroatoms. The minimum Gasteiger partial charge on any atom is -0.378 e. The molecule has 0 aliphatic heterocycles. The third-order valence-corrected chi connectivity index (χ3v) is 4.33. The summed E-state index contributed by atoms with van der Waals surface area (Å²) in [6.07, 6.45) is 9.60. The fourth-order valence-electron chi connectivity index (χ4n) is 3.89. The monoisotopic (exact) mass is 178 g/mol. The molecule has 13 heavy (non-hydrogen) atoms. The fourth-order valence-corrected chi connectivity index (χ4v) is 3.89. The summed E-state index contributed by atoms with van der Waals surface area (Å²) < 4.78 is 5.81. The molecule has 5 atom stereocenters. The molecule has 2 fully saturated rings. The number of allylic oxidation sites excluding steroid dienone is 2. The van der Waals surface area contributed by atoms with Crippen LogP contribution in [0.3, 0.4) is 0 Å². The van der Waals surface area contributed by atoms with Crippen LogP contribution >= 0.6 is 0 Å². The standard InChI is InChI=1S/C12H18O/c1-2-13-12-7-8-6-11(12)10-5-3-4-9(8)10/h3,5,8-12H,2,4,6-7H2,1H3/t8-,9+,10-,11+,12-/m1/s1. The predicted molar refractivity (Wildman–Crippen MR) is 52.4 cm³/mol. The van der Waals surface area contributed by atoms with Crippen molar-refractivity contribution in [2.24, 2.45) is 23.7 Å². The SMILES string of the molecule is CCO[C@@H]1C[C@H]2C[C@H]1[C@@H]1C=CC[C@@H]21. The van der Waals surface area contributed by atoms with Crippen molar-refractivity contribution in [3.63, 3.8) is 0 Å². The smallest absolute Gasteiger partial charge is 0.0611 e. The van der Waals surface area contributed by atoms with E-state index in [1.54, 1.807) is 0 Å². The maximum absolute atomic E-state index is 5.81. The highest BCUT2D eigenvalue weighted by Crippen LogP contribution is 2.57. The Kier molecular flexibility index (Phi) is 1.76. The van der Waals surface area contributed by atoms with E-state index in [0.717, 1.165) is 30.3 Å². The lowest BCUT2D eigenvalue weighted by Gasteiger charge is -2.30.